The molecule has 5 rings (SSSR count). The summed E-state index contributed by atoms with van der Waals surface area (Å²) in [4.78, 5) is 38.4. The predicted molar refractivity (Wildman–Crippen MR) is 134 cm³/mol. The maximum Gasteiger partial charge on any atom is 0.266 e. The Morgan fingerprint density at radius 3 is 2.33 bits per heavy atom. The number of hydrogen-bond acceptors (Lipinski definition) is 5. The number of aromatic amines is 1. The van der Waals surface area contributed by atoms with Crippen LogP contribution in [0.5, 0.6) is 0 Å². The fourth-order valence-electron chi connectivity index (χ4n) is 3.75. The molecule has 0 fully saturated rings. The quantitative estimate of drug-likeness (QED) is 0.277. The largest absolute Gasteiger partial charge is 0.309 e. The highest BCUT2D eigenvalue weighted by Crippen LogP contribution is 2.34. The van der Waals surface area contributed by atoms with E-state index in [4.69, 9.17) is 16.6 Å². The Balaban J connectivity index is 1.68. The van der Waals surface area contributed by atoms with Crippen LogP contribution in [-0.4, -0.2) is 19.5 Å². The molecule has 0 saturated carbocycles. The minimum Gasteiger partial charge on any atom is -0.309 e. The molecular weight excluding hydrogens is 456 g/mol. The maximum atomic E-state index is 13.6. The van der Waals surface area contributed by atoms with Gasteiger partial charge in [-0.2, -0.15) is 0 Å². The second-order valence-electron chi connectivity index (χ2n) is 7.66. The van der Waals surface area contributed by atoms with Gasteiger partial charge in [0.1, 0.15) is 5.82 Å². The van der Waals surface area contributed by atoms with Gasteiger partial charge in [-0.05, 0) is 55.8 Å². The Morgan fingerprint density at radius 2 is 1.58 bits per heavy atom. The molecule has 8 heteroatoms. The van der Waals surface area contributed by atoms with E-state index in [1.54, 1.807) is 22.8 Å². The molecule has 1 unspecified atom stereocenters. The van der Waals surface area contributed by atoms with E-state index in [1.165, 1.54) is 11.8 Å². The van der Waals surface area contributed by atoms with Crippen molar-refractivity contribution in [1.29, 1.82) is 0 Å². The molecule has 0 spiro atoms. The van der Waals surface area contributed by atoms with Crippen molar-refractivity contribution in [3.63, 3.8) is 0 Å². The number of fused-ring (bicyclic) bond motifs is 2. The molecule has 0 amide bonds. The summed E-state index contributed by atoms with van der Waals surface area (Å²) in [5.74, 6) is 0.514. The number of H-pyrrole nitrogens is 1. The molecule has 0 bridgehead atoms. The van der Waals surface area contributed by atoms with Crippen molar-refractivity contribution >= 4 is 45.2 Å². The van der Waals surface area contributed by atoms with Crippen molar-refractivity contribution < 1.29 is 0 Å². The van der Waals surface area contributed by atoms with E-state index in [9.17, 15) is 9.59 Å². The highest BCUT2D eigenvalue weighted by atomic mass is 35.5. The summed E-state index contributed by atoms with van der Waals surface area (Å²) in [5, 5.41) is 1.84. The van der Waals surface area contributed by atoms with Crippen LogP contribution >= 0.6 is 23.4 Å². The lowest BCUT2D eigenvalue weighted by atomic mass is 10.2. The van der Waals surface area contributed by atoms with Crippen LogP contribution in [-0.2, 0) is 0 Å². The van der Waals surface area contributed by atoms with E-state index in [-0.39, 0.29) is 16.4 Å². The summed E-state index contributed by atoms with van der Waals surface area (Å²) in [5.41, 5.74) is 2.30. The fraction of sp³-hybridized carbons (Fsp3) is 0.120. The van der Waals surface area contributed by atoms with Crippen LogP contribution < -0.4 is 11.1 Å². The zero-order valence-electron chi connectivity index (χ0n) is 17.9. The minimum absolute atomic E-state index is 0.180. The van der Waals surface area contributed by atoms with Crippen LogP contribution in [0.3, 0.4) is 0 Å². The first-order valence-corrected chi connectivity index (χ1v) is 11.6. The molecule has 0 aliphatic carbocycles. The standard InChI is InChI=1S/C25H19ClN4O2S/c1-14-18(26)10-7-13-21(14)30-24(32)17-9-4-6-12-20(17)28-25(30)33-15(2)22-27-19-11-5-3-8-16(19)23(31)29-22/h3-13,15H,1-2H3,(H,27,29,31). The van der Waals surface area contributed by atoms with E-state index in [1.807, 2.05) is 62.4 Å². The second-order valence-corrected chi connectivity index (χ2v) is 9.38. The van der Waals surface area contributed by atoms with Gasteiger partial charge in [-0.1, -0.05) is 53.7 Å². The van der Waals surface area contributed by atoms with Gasteiger partial charge in [-0.15, -0.1) is 0 Å². The van der Waals surface area contributed by atoms with Gasteiger partial charge in [0.15, 0.2) is 5.16 Å². The normalized spacial score (nSPS) is 12.3. The van der Waals surface area contributed by atoms with E-state index in [0.29, 0.717) is 43.5 Å². The zero-order valence-corrected chi connectivity index (χ0v) is 19.4. The van der Waals surface area contributed by atoms with E-state index in [2.05, 4.69) is 9.97 Å². The Morgan fingerprint density at radius 1 is 0.909 bits per heavy atom. The number of para-hydroxylation sites is 2. The predicted octanol–water partition coefficient (Wildman–Crippen LogP) is 5.44. The van der Waals surface area contributed by atoms with Crippen molar-refractivity contribution in [3.8, 4) is 5.69 Å². The molecule has 1 atom stereocenters. The number of thioether (sulfide) groups is 1. The summed E-state index contributed by atoms with van der Waals surface area (Å²) in [6, 6.07) is 19.9. The van der Waals surface area contributed by atoms with Gasteiger partial charge in [-0.25, -0.2) is 9.97 Å². The number of benzene rings is 3. The van der Waals surface area contributed by atoms with Crippen LogP contribution in [0.1, 0.15) is 23.6 Å². The van der Waals surface area contributed by atoms with Crippen molar-refractivity contribution in [2.24, 2.45) is 0 Å². The maximum absolute atomic E-state index is 13.6. The van der Waals surface area contributed by atoms with Crippen molar-refractivity contribution in [3.05, 3.63) is 104 Å². The van der Waals surface area contributed by atoms with Gasteiger partial charge in [0.05, 0.1) is 32.7 Å². The molecule has 33 heavy (non-hydrogen) atoms. The number of hydrogen-bond donors (Lipinski definition) is 1. The Labute approximate surface area is 198 Å². The molecule has 0 aliphatic rings. The highest BCUT2D eigenvalue weighted by molar-refractivity contribution is 7.99. The molecule has 5 aromatic rings. The lowest BCUT2D eigenvalue weighted by Crippen LogP contribution is -2.23. The lowest BCUT2D eigenvalue weighted by molar-refractivity contribution is 0.805. The molecule has 1 N–H and O–H groups in total. The van der Waals surface area contributed by atoms with Gasteiger partial charge in [0.2, 0.25) is 0 Å². The third-order valence-electron chi connectivity index (χ3n) is 5.52. The summed E-state index contributed by atoms with van der Waals surface area (Å²) < 4.78 is 1.59. The highest BCUT2D eigenvalue weighted by Gasteiger charge is 2.20. The molecule has 2 aromatic heterocycles. The summed E-state index contributed by atoms with van der Waals surface area (Å²) >= 11 is 7.72. The monoisotopic (exact) mass is 474 g/mol. The molecule has 0 saturated heterocycles. The minimum atomic E-state index is -0.277. The van der Waals surface area contributed by atoms with Gasteiger partial charge in [0.25, 0.3) is 11.1 Å². The molecule has 2 heterocycles. The van der Waals surface area contributed by atoms with Crippen molar-refractivity contribution in [1.82, 2.24) is 19.5 Å². The number of rotatable bonds is 4. The molecule has 6 nitrogen and oxygen atoms in total. The summed E-state index contributed by atoms with van der Waals surface area (Å²) in [6.07, 6.45) is 0. The summed E-state index contributed by atoms with van der Waals surface area (Å²) in [6.45, 7) is 3.80. The Bertz CT molecular complexity index is 1640. The van der Waals surface area contributed by atoms with Crippen LogP contribution in [0.2, 0.25) is 5.02 Å². The van der Waals surface area contributed by atoms with Crippen molar-refractivity contribution in [2.75, 3.05) is 0 Å². The third-order valence-corrected chi connectivity index (χ3v) is 6.99. The molecule has 0 aliphatic heterocycles. The third kappa shape index (κ3) is 3.83. The topological polar surface area (TPSA) is 80.6 Å². The van der Waals surface area contributed by atoms with E-state index >= 15 is 0 Å². The molecule has 0 radical (unpaired) electrons. The number of aromatic nitrogens is 4. The van der Waals surface area contributed by atoms with Gasteiger partial charge in [0, 0.05) is 5.02 Å². The van der Waals surface area contributed by atoms with Crippen LogP contribution in [0.25, 0.3) is 27.5 Å². The molecule has 3 aromatic carbocycles. The van der Waals surface area contributed by atoms with Crippen LogP contribution in [0.15, 0.2) is 81.5 Å². The average molecular weight is 475 g/mol. The fourth-order valence-corrected chi connectivity index (χ4v) is 4.90. The zero-order chi connectivity index (χ0) is 23.1. The smallest absolute Gasteiger partial charge is 0.266 e. The Kier molecular flexibility index (Phi) is 5.52. The first kappa shape index (κ1) is 21.4. The summed E-state index contributed by atoms with van der Waals surface area (Å²) in [7, 11) is 0. The van der Waals surface area contributed by atoms with Crippen molar-refractivity contribution in [2.45, 2.75) is 24.3 Å². The lowest BCUT2D eigenvalue weighted by Gasteiger charge is -2.18. The van der Waals surface area contributed by atoms with Crippen LogP contribution in [0, 0.1) is 6.92 Å². The number of nitrogens with one attached hydrogen (secondary N) is 1. The molecule has 164 valence electrons. The first-order chi connectivity index (χ1) is 15.9. The van der Waals surface area contributed by atoms with Gasteiger partial charge in [-0.3, -0.25) is 14.2 Å². The SMILES string of the molecule is Cc1c(Cl)cccc1-n1c(SC(C)c2nc3ccccc3c(=O)[nH]2)nc2ccccc2c1=O. The van der Waals surface area contributed by atoms with Gasteiger partial charge < -0.3 is 4.98 Å². The molecular formula is C25H19ClN4O2S. The number of halogens is 1. The Hall–Kier alpha value is -3.42. The van der Waals surface area contributed by atoms with Gasteiger partial charge >= 0.3 is 0 Å². The second kappa shape index (κ2) is 8.50. The average Bonchev–Trinajstić information content (AvgIpc) is 2.81. The van der Waals surface area contributed by atoms with E-state index in [0.717, 1.165) is 5.56 Å². The number of nitrogens with zero attached hydrogens (tertiary/aromatic N) is 3. The first-order valence-electron chi connectivity index (χ1n) is 10.4. The van der Waals surface area contributed by atoms with Crippen LogP contribution in [0.4, 0.5) is 0 Å². The van der Waals surface area contributed by atoms with E-state index < -0.39 is 0 Å².